The van der Waals surface area contributed by atoms with E-state index in [1.54, 1.807) is 12.1 Å². The normalized spacial score (nSPS) is 23.7. The van der Waals surface area contributed by atoms with Crippen LogP contribution in [0.5, 0.6) is 0 Å². The van der Waals surface area contributed by atoms with E-state index >= 15 is 0 Å². The molecule has 0 heterocycles. The SMILES string of the molecule is CC[C@H]1CC[C@H](c2ccc(C=C(F)F)cc2)CC1. The van der Waals surface area contributed by atoms with E-state index in [0.29, 0.717) is 11.5 Å². The van der Waals surface area contributed by atoms with Crippen molar-refractivity contribution in [3.8, 4) is 0 Å². The Bertz CT molecular complexity index is 394. The Balaban J connectivity index is 2.00. The number of halogens is 2. The smallest absolute Gasteiger partial charge is 0.173 e. The van der Waals surface area contributed by atoms with Crippen LogP contribution in [0.15, 0.2) is 30.3 Å². The number of benzene rings is 1. The minimum Gasteiger partial charge on any atom is -0.173 e. The van der Waals surface area contributed by atoms with Gasteiger partial charge in [-0.05, 0) is 48.6 Å². The van der Waals surface area contributed by atoms with Crippen molar-refractivity contribution in [1.29, 1.82) is 0 Å². The van der Waals surface area contributed by atoms with Crippen LogP contribution in [0.1, 0.15) is 56.1 Å². The second-order valence-corrected chi connectivity index (χ2v) is 5.23. The minimum absolute atomic E-state index is 0.584. The molecule has 0 nitrogen and oxygen atoms in total. The van der Waals surface area contributed by atoms with Gasteiger partial charge in [0.25, 0.3) is 6.08 Å². The summed E-state index contributed by atoms with van der Waals surface area (Å²) in [4.78, 5) is 0. The van der Waals surface area contributed by atoms with Crippen LogP contribution in [0.3, 0.4) is 0 Å². The monoisotopic (exact) mass is 250 g/mol. The van der Waals surface area contributed by atoms with Crippen molar-refractivity contribution < 1.29 is 8.78 Å². The summed E-state index contributed by atoms with van der Waals surface area (Å²) in [5.74, 6) is 1.52. The molecule has 0 bridgehead atoms. The molecular formula is C16H20F2. The van der Waals surface area contributed by atoms with E-state index in [2.05, 4.69) is 6.92 Å². The topological polar surface area (TPSA) is 0 Å². The van der Waals surface area contributed by atoms with Gasteiger partial charge in [0, 0.05) is 6.08 Å². The predicted molar refractivity (Wildman–Crippen MR) is 71.6 cm³/mol. The summed E-state index contributed by atoms with van der Waals surface area (Å²) in [5, 5.41) is 0. The molecule has 1 aromatic carbocycles. The molecule has 2 heteroatoms. The third-order valence-corrected chi connectivity index (χ3v) is 4.11. The molecule has 98 valence electrons. The molecular weight excluding hydrogens is 230 g/mol. The van der Waals surface area contributed by atoms with Gasteiger partial charge >= 0.3 is 0 Å². The summed E-state index contributed by atoms with van der Waals surface area (Å²) >= 11 is 0. The molecule has 0 N–H and O–H groups in total. The molecule has 0 aliphatic heterocycles. The second-order valence-electron chi connectivity index (χ2n) is 5.23. The van der Waals surface area contributed by atoms with E-state index < -0.39 is 6.08 Å². The molecule has 1 aliphatic carbocycles. The van der Waals surface area contributed by atoms with Crippen molar-refractivity contribution in [3.63, 3.8) is 0 Å². The van der Waals surface area contributed by atoms with Gasteiger partial charge in [-0.3, -0.25) is 0 Å². The van der Waals surface area contributed by atoms with Crippen molar-refractivity contribution in [2.45, 2.75) is 44.9 Å². The lowest BCUT2D eigenvalue weighted by atomic mass is 9.78. The van der Waals surface area contributed by atoms with E-state index in [9.17, 15) is 8.78 Å². The maximum absolute atomic E-state index is 12.1. The van der Waals surface area contributed by atoms with Gasteiger partial charge in [0.1, 0.15) is 0 Å². The third-order valence-electron chi connectivity index (χ3n) is 4.11. The molecule has 0 atom stereocenters. The summed E-state index contributed by atoms with van der Waals surface area (Å²) in [7, 11) is 0. The average Bonchev–Trinajstić information content (AvgIpc) is 2.39. The summed E-state index contributed by atoms with van der Waals surface area (Å²) in [6.45, 7) is 2.26. The quantitative estimate of drug-likeness (QED) is 0.654. The van der Waals surface area contributed by atoms with Crippen LogP contribution in [0.25, 0.3) is 6.08 Å². The molecule has 18 heavy (non-hydrogen) atoms. The van der Waals surface area contributed by atoms with Gasteiger partial charge in [0.15, 0.2) is 0 Å². The van der Waals surface area contributed by atoms with Crippen molar-refractivity contribution >= 4 is 6.08 Å². The molecule has 1 aromatic rings. The van der Waals surface area contributed by atoms with Crippen LogP contribution < -0.4 is 0 Å². The molecule has 0 spiro atoms. The van der Waals surface area contributed by atoms with E-state index in [4.69, 9.17) is 0 Å². The number of hydrogen-bond acceptors (Lipinski definition) is 0. The van der Waals surface area contributed by atoms with Gasteiger partial charge in [0.05, 0.1) is 0 Å². The minimum atomic E-state index is -1.63. The van der Waals surface area contributed by atoms with Crippen LogP contribution >= 0.6 is 0 Å². The largest absolute Gasteiger partial charge is 0.270 e. The summed E-state index contributed by atoms with van der Waals surface area (Å²) < 4.78 is 24.2. The van der Waals surface area contributed by atoms with Crippen LogP contribution in [-0.2, 0) is 0 Å². The molecule has 2 rings (SSSR count). The first kappa shape index (κ1) is 13.3. The Kier molecular flexibility index (Phi) is 4.51. The first-order chi connectivity index (χ1) is 8.69. The molecule has 0 amide bonds. The fourth-order valence-corrected chi connectivity index (χ4v) is 2.89. The first-order valence-electron chi connectivity index (χ1n) is 6.81. The number of hydrogen-bond donors (Lipinski definition) is 0. The Morgan fingerprint density at radius 2 is 1.72 bits per heavy atom. The number of rotatable bonds is 3. The molecule has 1 aliphatic rings. The third kappa shape index (κ3) is 3.41. The van der Waals surface area contributed by atoms with E-state index in [1.165, 1.54) is 37.7 Å². The maximum Gasteiger partial charge on any atom is 0.270 e. The lowest BCUT2D eigenvalue weighted by molar-refractivity contribution is 0.319. The Morgan fingerprint density at radius 1 is 1.11 bits per heavy atom. The van der Waals surface area contributed by atoms with Crippen molar-refractivity contribution in [2.24, 2.45) is 5.92 Å². The van der Waals surface area contributed by atoms with Crippen LogP contribution in [-0.4, -0.2) is 0 Å². The molecule has 0 saturated heterocycles. The first-order valence-corrected chi connectivity index (χ1v) is 6.81. The Hall–Kier alpha value is -1.18. The summed E-state index contributed by atoms with van der Waals surface area (Å²) in [6, 6.07) is 7.60. The van der Waals surface area contributed by atoms with E-state index in [1.807, 2.05) is 12.1 Å². The molecule has 1 fully saturated rings. The van der Waals surface area contributed by atoms with E-state index in [-0.39, 0.29) is 0 Å². The van der Waals surface area contributed by atoms with Gasteiger partial charge in [-0.25, -0.2) is 0 Å². The van der Waals surface area contributed by atoms with Gasteiger partial charge in [0.2, 0.25) is 0 Å². The lowest BCUT2D eigenvalue weighted by Crippen LogP contribution is -2.12. The summed E-state index contributed by atoms with van der Waals surface area (Å²) in [5.41, 5.74) is 1.89. The highest BCUT2D eigenvalue weighted by atomic mass is 19.3. The van der Waals surface area contributed by atoms with Crippen molar-refractivity contribution in [3.05, 3.63) is 41.5 Å². The van der Waals surface area contributed by atoms with Crippen LogP contribution in [0, 0.1) is 5.92 Å². The highest BCUT2D eigenvalue weighted by Gasteiger charge is 2.20. The fourth-order valence-electron chi connectivity index (χ4n) is 2.89. The zero-order chi connectivity index (χ0) is 13.0. The molecule has 0 radical (unpaired) electrons. The summed E-state index contributed by atoms with van der Waals surface area (Å²) in [6.07, 6.45) is 5.66. The average molecular weight is 250 g/mol. The highest BCUT2D eigenvalue weighted by Crippen LogP contribution is 2.36. The van der Waals surface area contributed by atoms with Crippen molar-refractivity contribution in [1.82, 2.24) is 0 Å². The Morgan fingerprint density at radius 3 is 2.22 bits per heavy atom. The van der Waals surface area contributed by atoms with Gasteiger partial charge < -0.3 is 0 Å². The zero-order valence-corrected chi connectivity index (χ0v) is 10.8. The van der Waals surface area contributed by atoms with Crippen molar-refractivity contribution in [2.75, 3.05) is 0 Å². The van der Waals surface area contributed by atoms with E-state index in [0.717, 1.165) is 12.0 Å². The lowest BCUT2D eigenvalue weighted by Gasteiger charge is -2.28. The highest BCUT2D eigenvalue weighted by molar-refractivity contribution is 5.50. The standard InChI is InChI=1S/C16H20F2/c1-2-12-3-7-14(8-4-12)15-9-5-13(6-10-15)11-16(17)18/h5-6,9-12,14H,2-4,7-8H2,1H3/t12-,14-. The Labute approximate surface area is 108 Å². The van der Waals surface area contributed by atoms with Crippen LogP contribution in [0.2, 0.25) is 0 Å². The predicted octanol–water partition coefficient (Wildman–Crippen LogP) is 5.61. The fraction of sp³-hybridized carbons (Fsp3) is 0.500. The maximum atomic E-state index is 12.1. The van der Waals surface area contributed by atoms with Gasteiger partial charge in [-0.1, -0.05) is 37.6 Å². The second kappa shape index (κ2) is 6.12. The molecule has 1 saturated carbocycles. The zero-order valence-electron chi connectivity index (χ0n) is 10.8. The van der Waals surface area contributed by atoms with Crippen LogP contribution in [0.4, 0.5) is 8.78 Å². The van der Waals surface area contributed by atoms with Gasteiger partial charge in [-0.15, -0.1) is 0 Å². The van der Waals surface area contributed by atoms with Gasteiger partial charge in [-0.2, -0.15) is 8.78 Å². The molecule has 0 aromatic heterocycles. The molecule has 0 unspecified atom stereocenters.